The normalized spacial score (nSPS) is 13.0. The maximum absolute atomic E-state index is 5.50. The van der Waals surface area contributed by atoms with Gasteiger partial charge in [-0.15, -0.1) is 0 Å². The van der Waals surface area contributed by atoms with Gasteiger partial charge in [0, 0.05) is 6.04 Å². The van der Waals surface area contributed by atoms with Crippen molar-refractivity contribution < 1.29 is 0 Å². The first-order chi connectivity index (χ1) is 7.35. The SMILES string of the molecule is CCC(CCCN)NCCCCCCN. The standard InChI is InChI=1S/C12H29N3/c1-2-12(8-7-10-14)15-11-6-4-3-5-9-13/h12,15H,2-11,13-14H2,1H3. The molecule has 5 N–H and O–H groups in total. The van der Waals surface area contributed by atoms with Gasteiger partial charge < -0.3 is 16.8 Å². The Morgan fingerprint density at radius 3 is 2.20 bits per heavy atom. The van der Waals surface area contributed by atoms with Crippen molar-refractivity contribution in [2.45, 2.75) is 57.9 Å². The lowest BCUT2D eigenvalue weighted by Gasteiger charge is -2.16. The Morgan fingerprint density at radius 1 is 0.933 bits per heavy atom. The lowest BCUT2D eigenvalue weighted by molar-refractivity contribution is 0.447. The number of unbranched alkanes of at least 4 members (excludes halogenated alkanes) is 3. The van der Waals surface area contributed by atoms with Gasteiger partial charge in [-0.25, -0.2) is 0 Å². The minimum atomic E-state index is 0.669. The molecule has 0 bridgehead atoms. The quantitative estimate of drug-likeness (QED) is 0.459. The molecule has 0 aromatic heterocycles. The van der Waals surface area contributed by atoms with Gasteiger partial charge in [0.2, 0.25) is 0 Å². The lowest BCUT2D eigenvalue weighted by atomic mass is 10.1. The van der Waals surface area contributed by atoms with E-state index in [1.165, 1.54) is 38.5 Å². The number of hydrogen-bond donors (Lipinski definition) is 3. The predicted octanol–water partition coefficient (Wildman–Crippen LogP) is 1.61. The summed E-state index contributed by atoms with van der Waals surface area (Å²) >= 11 is 0. The Kier molecular flexibility index (Phi) is 11.9. The van der Waals surface area contributed by atoms with E-state index in [1.54, 1.807) is 0 Å². The van der Waals surface area contributed by atoms with Gasteiger partial charge in [-0.2, -0.15) is 0 Å². The highest BCUT2D eigenvalue weighted by Gasteiger charge is 2.03. The number of nitrogens with one attached hydrogen (secondary N) is 1. The Hall–Kier alpha value is -0.120. The third-order valence-corrected chi connectivity index (χ3v) is 2.81. The summed E-state index contributed by atoms with van der Waals surface area (Å²) in [6, 6.07) is 0.669. The largest absolute Gasteiger partial charge is 0.330 e. The van der Waals surface area contributed by atoms with Crippen LogP contribution in [0.25, 0.3) is 0 Å². The molecular weight excluding hydrogens is 186 g/mol. The first-order valence-electron chi connectivity index (χ1n) is 6.48. The van der Waals surface area contributed by atoms with E-state index in [4.69, 9.17) is 11.5 Å². The maximum atomic E-state index is 5.50. The van der Waals surface area contributed by atoms with Crippen LogP contribution in [0, 0.1) is 0 Å². The molecule has 15 heavy (non-hydrogen) atoms. The molecule has 3 nitrogen and oxygen atoms in total. The zero-order valence-corrected chi connectivity index (χ0v) is 10.3. The molecule has 3 heteroatoms. The van der Waals surface area contributed by atoms with E-state index in [-0.39, 0.29) is 0 Å². The Bertz CT molecular complexity index is 117. The molecule has 0 aromatic rings. The highest BCUT2D eigenvalue weighted by Crippen LogP contribution is 2.02. The van der Waals surface area contributed by atoms with E-state index >= 15 is 0 Å². The predicted molar refractivity (Wildman–Crippen MR) is 67.9 cm³/mol. The topological polar surface area (TPSA) is 64.1 Å². The van der Waals surface area contributed by atoms with E-state index < -0.39 is 0 Å². The van der Waals surface area contributed by atoms with Crippen LogP contribution in [-0.2, 0) is 0 Å². The molecule has 1 unspecified atom stereocenters. The van der Waals surface area contributed by atoms with Crippen molar-refractivity contribution in [3.8, 4) is 0 Å². The molecule has 0 aliphatic rings. The Labute approximate surface area is 95.0 Å². The second kappa shape index (κ2) is 12.0. The summed E-state index contributed by atoms with van der Waals surface area (Å²) < 4.78 is 0. The zero-order chi connectivity index (χ0) is 11.4. The highest BCUT2D eigenvalue weighted by molar-refractivity contribution is 4.65. The molecule has 0 saturated heterocycles. The molecule has 1 atom stereocenters. The molecule has 0 heterocycles. The van der Waals surface area contributed by atoms with Gasteiger partial charge in [-0.1, -0.05) is 19.8 Å². The van der Waals surface area contributed by atoms with Crippen LogP contribution in [0.15, 0.2) is 0 Å². The minimum absolute atomic E-state index is 0.669. The second-order valence-corrected chi connectivity index (χ2v) is 4.19. The van der Waals surface area contributed by atoms with E-state index in [9.17, 15) is 0 Å². The number of hydrogen-bond acceptors (Lipinski definition) is 3. The first-order valence-corrected chi connectivity index (χ1v) is 6.48. The zero-order valence-electron chi connectivity index (χ0n) is 10.3. The van der Waals surface area contributed by atoms with Crippen LogP contribution in [0.5, 0.6) is 0 Å². The van der Waals surface area contributed by atoms with Crippen molar-refractivity contribution in [3.63, 3.8) is 0 Å². The molecular formula is C12H29N3. The summed E-state index contributed by atoms with van der Waals surface area (Å²) in [4.78, 5) is 0. The first kappa shape index (κ1) is 14.9. The summed E-state index contributed by atoms with van der Waals surface area (Å²) in [6.45, 7) is 5.03. The van der Waals surface area contributed by atoms with Crippen LogP contribution in [-0.4, -0.2) is 25.7 Å². The third kappa shape index (κ3) is 10.2. The molecule has 92 valence electrons. The molecule has 0 rings (SSSR count). The van der Waals surface area contributed by atoms with Crippen LogP contribution < -0.4 is 16.8 Å². The fourth-order valence-electron chi connectivity index (χ4n) is 1.74. The maximum Gasteiger partial charge on any atom is 0.00649 e. The van der Waals surface area contributed by atoms with Gasteiger partial charge in [0.25, 0.3) is 0 Å². The van der Waals surface area contributed by atoms with Gasteiger partial charge >= 0.3 is 0 Å². The Morgan fingerprint density at radius 2 is 1.60 bits per heavy atom. The molecule has 0 amide bonds. The van der Waals surface area contributed by atoms with Crippen LogP contribution >= 0.6 is 0 Å². The lowest BCUT2D eigenvalue weighted by Crippen LogP contribution is -2.29. The smallest absolute Gasteiger partial charge is 0.00649 e. The highest BCUT2D eigenvalue weighted by atomic mass is 14.9. The molecule has 0 fully saturated rings. The van der Waals surface area contributed by atoms with Crippen molar-refractivity contribution in [1.82, 2.24) is 5.32 Å². The van der Waals surface area contributed by atoms with Crippen molar-refractivity contribution in [2.24, 2.45) is 11.5 Å². The van der Waals surface area contributed by atoms with Crippen LogP contribution in [0.1, 0.15) is 51.9 Å². The fourth-order valence-corrected chi connectivity index (χ4v) is 1.74. The summed E-state index contributed by atoms with van der Waals surface area (Å²) in [5.41, 5.74) is 10.9. The van der Waals surface area contributed by atoms with Gasteiger partial charge in [-0.3, -0.25) is 0 Å². The van der Waals surface area contributed by atoms with Crippen molar-refractivity contribution in [1.29, 1.82) is 0 Å². The van der Waals surface area contributed by atoms with Gasteiger partial charge in [0.15, 0.2) is 0 Å². The summed E-state index contributed by atoms with van der Waals surface area (Å²) in [5, 5.41) is 3.59. The molecule has 0 spiro atoms. The average Bonchev–Trinajstić information content (AvgIpc) is 2.27. The van der Waals surface area contributed by atoms with Crippen LogP contribution in [0.2, 0.25) is 0 Å². The van der Waals surface area contributed by atoms with Crippen LogP contribution in [0.4, 0.5) is 0 Å². The van der Waals surface area contributed by atoms with Crippen LogP contribution in [0.3, 0.4) is 0 Å². The molecule has 0 aliphatic carbocycles. The molecule has 0 radical (unpaired) electrons. The summed E-state index contributed by atoms with van der Waals surface area (Å²) in [6.07, 6.45) is 8.59. The Balaban J connectivity index is 3.22. The second-order valence-electron chi connectivity index (χ2n) is 4.19. The van der Waals surface area contributed by atoms with E-state index in [0.717, 1.165) is 26.1 Å². The molecule has 0 aliphatic heterocycles. The molecule has 0 aromatic carbocycles. The molecule has 0 saturated carbocycles. The number of rotatable bonds is 11. The third-order valence-electron chi connectivity index (χ3n) is 2.81. The summed E-state index contributed by atoms with van der Waals surface area (Å²) in [7, 11) is 0. The average molecular weight is 215 g/mol. The van der Waals surface area contributed by atoms with Crippen molar-refractivity contribution in [2.75, 3.05) is 19.6 Å². The van der Waals surface area contributed by atoms with Gasteiger partial charge in [0.05, 0.1) is 0 Å². The van der Waals surface area contributed by atoms with E-state index in [0.29, 0.717) is 6.04 Å². The van der Waals surface area contributed by atoms with Gasteiger partial charge in [-0.05, 0) is 51.7 Å². The minimum Gasteiger partial charge on any atom is -0.330 e. The summed E-state index contributed by atoms with van der Waals surface area (Å²) in [5.74, 6) is 0. The van der Waals surface area contributed by atoms with Crippen molar-refractivity contribution in [3.05, 3.63) is 0 Å². The van der Waals surface area contributed by atoms with E-state index in [2.05, 4.69) is 12.2 Å². The van der Waals surface area contributed by atoms with Gasteiger partial charge in [0.1, 0.15) is 0 Å². The fraction of sp³-hybridized carbons (Fsp3) is 1.00. The monoisotopic (exact) mass is 215 g/mol. The number of nitrogens with two attached hydrogens (primary N) is 2. The van der Waals surface area contributed by atoms with E-state index in [1.807, 2.05) is 0 Å². The van der Waals surface area contributed by atoms with Crippen molar-refractivity contribution >= 4 is 0 Å².